The van der Waals surface area contributed by atoms with Crippen LogP contribution >= 0.6 is 0 Å². The molecule has 0 spiro atoms. The first-order valence-electron chi connectivity index (χ1n) is 4.90. The summed E-state index contributed by atoms with van der Waals surface area (Å²) in [5, 5.41) is 2.79. The van der Waals surface area contributed by atoms with Crippen LogP contribution in [0.2, 0.25) is 0 Å². The molecule has 0 heterocycles. The Morgan fingerprint density at radius 2 is 2.00 bits per heavy atom. The summed E-state index contributed by atoms with van der Waals surface area (Å²) in [5.41, 5.74) is 5.85. The normalized spacial score (nSPS) is 13.9. The van der Waals surface area contributed by atoms with E-state index in [9.17, 15) is 4.79 Å². The summed E-state index contributed by atoms with van der Waals surface area (Å²) >= 11 is 0. The van der Waals surface area contributed by atoms with Crippen LogP contribution in [-0.2, 0) is 4.79 Å². The number of hydrogen-bond acceptors (Lipinski definition) is 2. The van der Waals surface area contributed by atoms with E-state index in [1.807, 2.05) is 6.92 Å². The SMILES string of the molecule is CCCNC(=O)C(N)CC(C)(C)C. The van der Waals surface area contributed by atoms with E-state index in [1.165, 1.54) is 0 Å². The first-order valence-corrected chi connectivity index (χ1v) is 4.90. The first-order chi connectivity index (χ1) is 5.87. The Kier molecular flexibility index (Phi) is 4.99. The zero-order chi connectivity index (χ0) is 10.5. The number of nitrogens with two attached hydrogens (primary N) is 1. The summed E-state index contributed by atoms with van der Waals surface area (Å²) in [6.07, 6.45) is 1.68. The number of rotatable bonds is 4. The van der Waals surface area contributed by atoms with Crippen LogP contribution in [0.1, 0.15) is 40.5 Å². The Hall–Kier alpha value is -0.570. The third kappa shape index (κ3) is 6.58. The molecule has 0 aromatic carbocycles. The quantitative estimate of drug-likeness (QED) is 0.695. The van der Waals surface area contributed by atoms with Gasteiger partial charge in [-0.1, -0.05) is 27.7 Å². The minimum absolute atomic E-state index is 0.0308. The number of hydrogen-bond donors (Lipinski definition) is 2. The van der Waals surface area contributed by atoms with Crippen molar-refractivity contribution in [2.45, 2.75) is 46.6 Å². The molecule has 0 rings (SSSR count). The summed E-state index contributed by atoms with van der Waals surface area (Å²) in [4.78, 5) is 11.3. The molecule has 1 unspecified atom stereocenters. The molecule has 3 heteroatoms. The van der Waals surface area contributed by atoms with Gasteiger partial charge in [0, 0.05) is 6.54 Å². The lowest BCUT2D eigenvalue weighted by atomic mass is 9.88. The highest BCUT2D eigenvalue weighted by Crippen LogP contribution is 2.19. The molecule has 0 aromatic rings. The molecular weight excluding hydrogens is 164 g/mol. The second kappa shape index (κ2) is 5.22. The van der Waals surface area contributed by atoms with Crippen LogP contribution in [0.15, 0.2) is 0 Å². The van der Waals surface area contributed by atoms with Gasteiger partial charge in [0.05, 0.1) is 6.04 Å². The number of carbonyl (C=O) groups is 1. The van der Waals surface area contributed by atoms with E-state index < -0.39 is 0 Å². The van der Waals surface area contributed by atoms with Gasteiger partial charge in [-0.15, -0.1) is 0 Å². The van der Waals surface area contributed by atoms with Crippen LogP contribution in [0.4, 0.5) is 0 Å². The van der Waals surface area contributed by atoms with Crippen LogP contribution in [0, 0.1) is 5.41 Å². The highest BCUT2D eigenvalue weighted by atomic mass is 16.2. The third-order valence-electron chi connectivity index (χ3n) is 1.72. The van der Waals surface area contributed by atoms with Crippen LogP contribution in [-0.4, -0.2) is 18.5 Å². The van der Waals surface area contributed by atoms with Gasteiger partial charge in [0.1, 0.15) is 0 Å². The number of nitrogens with one attached hydrogen (secondary N) is 1. The maximum atomic E-state index is 11.3. The largest absolute Gasteiger partial charge is 0.355 e. The minimum Gasteiger partial charge on any atom is -0.355 e. The van der Waals surface area contributed by atoms with Gasteiger partial charge in [-0.05, 0) is 18.3 Å². The van der Waals surface area contributed by atoms with Crippen LogP contribution < -0.4 is 11.1 Å². The molecule has 0 radical (unpaired) electrons. The van der Waals surface area contributed by atoms with E-state index in [0.717, 1.165) is 19.4 Å². The van der Waals surface area contributed by atoms with E-state index in [0.29, 0.717) is 0 Å². The van der Waals surface area contributed by atoms with Crippen molar-refractivity contribution in [1.29, 1.82) is 0 Å². The third-order valence-corrected chi connectivity index (χ3v) is 1.72. The van der Waals surface area contributed by atoms with Crippen molar-refractivity contribution in [2.75, 3.05) is 6.54 Å². The van der Waals surface area contributed by atoms with Gasteiger partial charge in [-0.25, -0.2) is 0 Å². The maximum absolute atomic E-state index is 11.3. The molecule has 0 aromatic heterocycles. The molecule has 0 aliphatic heterocycles. The van der Waals surface area contributed by atoms with E-state index in [1.54, 1.807) is 0 Å². The second-order valence-corrected chi connectivity index (χ2v) is 4.66. The number of carbonyl (C=O) groups excluding carboxylic acids is 1. The van der Waals surface area contributed by atoms with E-state index in [2.05, 4.69) is 26.1 Å². The molecule has 0 fully saturated rings. The van der Waals surface area contributed by atoms with Crippen molar-refractivity contribution in [3.63, 3.8) is 0 Å². The molecule has 1 atom stereocenters. The summed E-state index contributed by atoms with van der Waals surface area (Å²) in [7, 11) is 0. The van der Waals surface area contributed by atoms with Crippen LogP contribution in [0.3, 0.4) is 0 Å². The smallest absolute Gasteiger partial charge is 0.236 e. The Morgan fingerprint density at radius 3 is 2.38 bits per heavy atom. The predicted molar refractivity (Wildman–Crippen MR) is 55.3 cm³/mol. The van der Waals surface area contributed by atoms with E-state index in [-0.39, 0.29) is 17.4 Å². The minimum atomic E-state index is -0.369. The van der Waals surface area contributed by atoms with Crippen molar-refractivity contribution in [3.05, 3.63) is 0 Å². The van der Waals surface area contributed by atoms with Gasteiger partial charge >= 0.3 is 0 Å². The number of amides is 1. The fourth-order valence-electron chi connectivity index (χ4n) is 1.13. The fraction of sp³-hybridized carbons (Fsp3) is 0.900. The van der Waals surface area contributed by atoms with Gasteiger partial charge in [-0.2, -0.15) is 0 Å². The molecule has 0 saturated heterocycles. The second-order valence-electron chi connectivity index (χ2n) is 4.66. The van der Waals surface area contributed by atoms with E-state index in [4.69, 9.17) is 5.73 Å². The molecule has 0 aliphatic carbocycles. The van der Waals surface area contributed by atoms with Crippen LogP contribution in [0.5, 0.6) is 0 Å². The van der Waals surface area contributed by atoms with Gasteiger partial charge in [0.2, 0.25) is 5.91 Å². The first kappa shape index (κ1) is 12.4. The maximum Gasteiger partial charge on any atom is 0.236 e. The molecule has 1 amide bonds. The highest BCUT2D eigenvalue weighted by molar-refractivity contribution is 5.81. The summed E-state index contributed by atoms with van der Waals surface area (Å²) < 4.78 is 0. The van der Waals surface area contributed by atoms with Crippen molar-refractivity contribution in [1.82, 2.24) is 5.32 Å². The lowest BCUT2D eigenvalue weighted by molar-refractivity contribution is -0.122. The lowest BCUT2D eigenvalue weighted by Gasteiger charge is -2.22. The molecule has 0 bridgehead atoms. The van der Waals surface area contributed by atoms with E-state index >= 15 is 0 Å². The van der Waals surface area contributed by atoms with Gasteiger partial charge in [0.15, 0.2) is 0 Å². The Labute approximate surface area is 81.1 Å². The molecule has 3 N–H and O–H groups in total. The van der Waals surface area contributed by atoms with Gasteiger partial charge in [0.25, 0.3) is 0 Å². The lowest BCUT2D eigenvalue weighted by Crippen LogP contribution is -2.42. The molecule has 78 valence electrons. The zero-order valence-electron chi connectivity index (χ0n) is 9.18. The molecule has 3 nitrogen and oxygen atoms in total. The molecule has 0 saturated carbocycles. The molecular formula is C10H22N2O. The predicted octanol–water partition coefficient (Wildman–Crippen LogP) is 1.28. The van der Waals surface area contributed by atoms with Crippen molar-refractivity contribution in [2.24, 2.45) is 11.1 Å². The van der Waals surface area contributed by atoms with Crippen molar-refractivity contribution in [3.8, 4) is 0 Å². The highest BCUT2D eigenvalue weighted by Gasteiger charge is 2.20. The monoisotopic (exact) mass is 186 g/mol. The topological polar surface area (TPSA) is 55.1 Å². The fourth-order valence-corrected chi connectivity index (χ4v) is 1.13. The Bertz CT molecular complexity index is 161. The summed E-state index contributed by atoms with van der Waals surface area (Å²) in [6.45, 7) is 8.99. The average Bonchev–Trinajstić information content (AvgIpc) is 1.96. The van der Waals surface area contributed by atoms with Crippen LogP contribution in [0.25, 0.3) is 0 Å². The zero-order valence-corrected chi connectivity index (χ0v) is 9.18. The van der Waals surface area contributed by atoms with Crippen molar-refractivity contribution < 1.29 is 4.79 Å². The standard InChI is InChI=1S/C10H22N2O/c1-5-6-12-9(13)8(11)7-10(2,3)4/h8H,5-7,11H2,1-4H3,(H,12,13). The van der Waals surface area contributed by atoms with Gasteiger partial charge in [-0.3, -0.25) is 4.79 Å². The van der Waals surface area contributed by atoms with Crippen molar-refractivity contribution >= 4 is 5.91 Å². The summed E-state index contributed by atoms with van der Waals surface area (Å²) in [6, 6.07) is -0.369. The Morgan fingerprint density at radius 1 is 1.46 bits per heavy atom. The molecule has 13 heavy (non-hydrogen) atoms. The molecule has 0 aliphatic rings. The van der Waals surface area contributed by atoms with Gasteiger partial charge < -0.3 is 11.1 Å². The Balaban J connectivity index is 3.83. The summed E-state index contributed by atoms with van der Waals surface area (Å²) in [5.74, 6) is -0.0308. The average molecular weight is 186 g/mol.